The molecule has 2 rings (SSSR count). The van der Waals surface area contributed by atoms with Crippen LogP contribution < -0.4 is 4.72 Å². The quantitative estimate of drug-likeness (QED) is 0.709. The number of hydrogen-bond acceptors (Lipinski definition) is 3. The molecule has 0 spiro atoms. The molecule has 0 aliphatic heterocycles. The minimum absolute atomic E-state index is 0.103. The molecule has 140 valence electrons. The number of hydrogen-bond donors (Lipinski definition) is 1. The van der Waals surface area contributed by atoms with Crippen LogP contribution in [0.4, 0.5) is 4.39 Å². The number of halogens is 1. The zero-order valence-electron chi connectivity index (χ0n) is 15.4. The van der Waals surface area contributed by atoms with Gasteiger partial charge in [-0.2, -0.15) is 0 Å². The standard InChI is InChI=1S/C19H28FNO3S/c1-19(2,3)25(23)21-17(10-7-13-5-6-13)14-8-9-16(20)15(11-14)12-18(22)24-4/h8-9,11,13,17,21H,5-7,10,12H2,1-4H3/t17?,25-/m0/s1. The number of esters is 1. The van der Waals surface area contributed by atoms with Gasteiger partial charge in [0.2, 0.25) is 0 Å². The summed E-state index contributed by atoms with van der Waals surface area (Å²) >= 11 is 0. The van der Waals surface area contributed by atoms with E-state index in [9.17, 15) is 13.4 Å². The molecule has 1 fully saturated rings. The van der Waals surface area contributed by atoms with E-state index in [1.54, 1.807) is 12.1 Å². The Bertz CT molecular complexity index is 638. The number of carbonyl (C=O) groups excluding carboxylic acids is 1. The third-order valence-electron chi connectivity index (χ3n) is 4.40. The molecular weight excluding hydrogens is 341 g/mol. The van der Waals surface area contributed by atoms with E-state index in [-0.39, 0.29) is 17.2 Å². The van der Waals surface area contributed by atoms with Crippen LogP contribution in [-0.2, 0) is 26.9 Å². The number of ether oxygens (including phenoxy) is 1. The molecule has 0 amide bonds. The van der Waals surface area contributed by atoms with Gasteiger partial charge in [0, 0.05) is 6.04 Å². The minimum atomic E-state index is -1.22. The Labute approximate surface area is 152 Å². The summed E-state index contributed by atoms with van der Waals surface area (Å²) in [5.74, 6) is -0.147. The molecule has 0 aromatic heterocycles. The summed E-state index contributed by atoms with van der Waals surface area (Å²) in [6.45, 7) is 5.75. The van der Waals surface area contributed by atoms with Crippen molar-refractivity contribution in [3.05, 3.63) is 35.1 Å². The van der Waals surface area contributed by atoms with Gasteiger partial charge in [-0.05, 0) is 56.7 Å². The third kappa shape index (κ3) is 6.19. The molecule has 4 nitrogen and oxygen atoms in total. The van der Waals surface area contributed by atoms with Gasteiger partial charge >= 0.3 is 5.97 Å². The van der Waals surface area contributed by atoms with Crippen LogP contribution in [0.25, 0.3) is 0 Å². The predicted molar refractivity (Wildman–Crippen MR) is 97.9 cm³/mol. The summed E-state index contributed by atoms with van der Waals surface area (Å²) in [4.78, 5) is 11.5. The molecule has 25 heavy (non-hydrogen) atoms. The van der Waals surface area contributed by atoms with E-state index in [0.717, 1.165) is 24.3 Å². The van der Waals surface area contributed by atoms with E-state index in [2.05, 4.69) is 9.46 Å². The average molecular weight is 370 g/mol. The van der Waals surface area contributed by atoms with Crippen molar-refractivity contribution in [1.82, 2.24) is 4.72 Å². The first kappa shape index (κ1) is 20.0. The van der Waals surface area contributed by atoms with E-state index < -0.39 is 22.8 Å². The van der Waals surface area contributed by atoms with Gasteiger partial charge in [0.05, 0.1) is 29.3 Å². The van der Waals surface area contributed by atoms with E-state index >= 15 is 0 Å². The fourth-order valence-corrected chi connectivity index (χ4v) is 3.45. The number of rotatable bonds is 8. The third-order valence-corrected chi connectivity index (χ3v) is 6.01. The first-order valence-corrected chi connectivity index (χ1v) is 9.89. The molecule has 1 unspecified atom stereocenters. The van der Waals surface area contributed by atoms with Crippen LogP contribution in [0.15, 0.2) is 18.2 Å². The largest absolute Gasteiger partial charge is 0.469 e. The Morgan fingerprint density at radius 1 is 1.40 bits per heavy atom. The first-order valence-electron chi connectivity index (χ1n) is 8.74. The maximum Gasteiger partial charge on any atom is 0.310 e. The predicted octanol–water partition coefficient (Wildman–Crippen LogP) is 3.82. The molecular formula is C19H28FNO3S. The zero-order valence-corrected chi connectivity index (χ0v) is 16.2. The van der Waals surface area contributed by atoms with Gasteiger partial charge in [0.25, 0.3) is 0 Å². The number of nitrogens with one attached hydrogen (secondary N) is 1. The maximum absolute atomic E-state index is 14.0. The van der Waals surface area contributed by atoms with Crippen molar-refractivity contribution in [2.45, 2.75) is 63.7 Å². The van der Waals surface area contributed by atoms with Crippen LogP contribution in [-0.4, -0.2) is 22.0 Å². The van der Waals surface area contributed by atoms with Crippen molar-refractivity contribution in [1.29, 1.82) is 0 Å². The lowest BCUT2D eigenvalue weighted by Gasteiger charge is -2.25. The summed E-state index contributed by atoms with van der Waals surface area (Å²) in [7, 11) is 0.0664. The van der Waals surface area contributed by atoms with Gasteiger partial charge in [0.15, 0.2) is 0 Å². The normalized spacial score (nSPS) is 17.2. The SMILES string of the molecule is COC(=O)Cc1cc(C(CCC2CC2)N[S@@](=O)C(C)(C)C)ccc1F. The first-order chi connectivity index (χ1) is 11.7. The summed E-state index contributed by atoms with van der Waals surface area (Å²) in [6.07, 6.45) is 4.31. The molecule has 0 heterocycles. The van der Waals surface area contributed by atoms with Gasteiger partial charge in [-0.15, -0.1) is 0 Å². The van der Waals surface area contributed by atoms with E-state index in [1.165, 1.54) is 26.0 Å². The van der Waals surface area contributed by atoms with E-state index in [4.69, 9.17) is 0 Å². The molecule has 2 atom stereocenters. The maximum atomic E-state index is 14.0. The highest BCUT2D eigenvalue weighted by molar-refractivity contribution is 7.84. The molecule has 1 N–H and O–H groups in total. The fourth-order valence-electron chi connectivity index (χ4n) is 2.58. The smallest absolute Gasteiger partial charge is 0.310 e. The Hall–Kier alpha value is -1.27. The summed E-state index contributed by atoms with van der Waals surface area (Å²) in [5, 5.41) is 0. The zero-order chi connectivity index (χ0) is 18.6. The molecule has 1 aliphatic carbocycles. The summed E-state index contributed by atoms with van der Waals surface area (Å²) < 4.78 is 34.0. The van der Waals surface area contributed by atoms with Crippen molar-refractivity contribution < 1.29 is 18.1 Å². The molecule has 0 bridgehead atoms. The van der Waals surface area contributed by atoms with Gasteiger partial charge in [-0.25, -0.2) is 13.3 Å². The highest BCUT2D eigenvalue weighted by Crippen LogP contribution is 2.36. The minimum Gasteiger partial charge on any atom is -0.469 e. The summed E-state index contributed by atoms with van der Waals surface area (Å²) in [5.41, 5.74) is 1.17. The highest BCUT2D eigenvalue weighted by atomic mass is 32.2. The van der Waals surface area contributed by atoms with Crippen LogP contribution in [0.2, 0.25) is 0 Å². The molecule has 1 aromatic rings. The molecule has 1 aliphatic rings. The van der Waals surface area contributed by atoms with E-state index in [0.29, 0.717) is 5.56 Å². The Kier molecular flexibility index (Phi) is 6.74. The van der Waals surface area contributed by atoms with Crippen molar-refractivity contribution >= 4 is 17.0 Å². The molecule has 0 saturated heterocycles. The van der Waals surface area contributed by atoms with Crippen LogP contribution in [0.5, 0.6) is 0 Å². The molecule has 1 aromatic carbocycles. The topological polar surface area (TPSA) is 55.4 Å². The summed E-state index contributed by atoms with van der Waals surface area (Å²) in [6, 6.07) is 4.65. The molecule has 0 radical (unpaired) electrons. The monoisotopic (exact) mass is 369 g/mol. The lowest BCUT2D eigenvalue weighted by Crippen LogP contribution is -2.36. The van der Waals surface area contributed by atoms with Gasteiger partial charge in [-0.3, -0.25) is 4.79 Å². The number of carbonyl (C=O) groups is 1. The Morgan fingerprint density at radius 3 is 2.64 bits per heavy atom. The van der Waals surface area contributed by atoms with Gasteiger partial charge in [-0.1, -0.05) is 25.0 Å². The van der Waals surface area contributed by atoms with Gasteiger partial charge in [0.1, 0.15) is 5.82 Å². The fraction of sp³-hybridized carbons (Fsp3) is 0.632. The van der Waals surface area contributed by atoms with Crippen LogP contribution in [0, 0.1) is 11.7 Å². The lowest BCUT2D eigenvalue weighted by atomic mass is 9.98. The second-order valence-electron chi connectivity index (χ2n) is 7.68. The second-order valence-corrected chi connectivity index (χ2v) is 9.67. The van der Waals surface area contributed by atoms with Crippen molar-refractivity contribution in [3.8, 4) is 0 Å². The van der Waals surface area contributed by atoms with Crippen molar-refractivity contribution in [2.24, 2.45) is 5.92 Å². The van der Waals surface area contributed by atoms with Gasteiger partial charge < -0.3 is 4.74 Å². The number of benzene rings is 1. The number of methoxy groups -OCH3 is 1. The van der Waals surface area contributed by atoms with Crippen molar-refractivity contribution in [3.63, 3.8) is 0 Å². The van der Waals surface area contributed by atoms with Crippen LogP contribution in [0.1, 0.15) is 63.6 Å². The Morgan fingerprint density at radius 2 is 2.08 bits per heavy atom. The Balaban J connectivity index is 2.20. The second kappa shape index (κ2) is 8.41. The van der Waals surface area contributed by atoms with Crippen LogP contribution in [0.3, 0.4) is 0 Å². The lowest BCUT2D eigenvalue weighted by molar-refractivity contribution is -0.139. The van der Waals surface area contributed by atoms with Crippen LogP contribution >= 0.6 is 0 Å². The van der Waals surface area contributed by atoms with Crippen molar-refractivity contribution in [2.75, 3.05) is 7.11 Å². The average Bonchev–Trinajstić information content (AvgIpc) is 3.36. The van der Waals surface area contributed by atoms with E-state index in [1.807, 2.05) is 20.8 Å². The molecule has 1 saturated carbocycles. The molecule has 6 heteroatoms. The highest BCUT2D eigenvalue weighted by Gasteiger charge is 2.27.